The number of carbonyl (C=O) groups excluding carboxylic acids is 1. The molecule has 0 saturated carbocycles. The van der Waals surface area contributed by atoms with Gasteiger partial charge in [0, 0.05) is 29.7 Å². The fourth-order valence-electron chi connectivity index (χ4n) is 2.89. The Morgan fingerprint density at radius 2 is 1.64 bits per heavy atom. The second kappa shape index (κ2) is 9.58. The number of primary amides is 1. The molecule has 3 aromatic rings. The molecule has 1 heterocycles. The number of carbonyl (C=O) groups is 1. The highest BCUT2D eigenvalue weighted by Gasteiger charge is 2.17. The van der Waals surface area contributed by atoms with Crippen molar-refractivity contribution in [1.29, 1.82) is 0 Å². The van der Waals surface area contributed by atoms with Gasteiger partial charge in [0.15, 0.2) is 11.5 Å². The lowest BCUT2D eigenvalue weighted by Gasteiger charge is -2.15. The van der Waals surface area contributed by atoms with Crippen LogP contribution in [0, 0.1) is 0 Å². The highest BCUT2D eigenvalue weighted by molar-refractivity contribution is 7.89. The minimum atomic E-state index is -3.92. The molecule has 0 radical (unpaired) electrons. The molecule has 0 aliphatic rings. The second-order valence-electron chi connectivity index (χ2n) is 6.56. The van der Waals surface area contributed by atoms with Gasteiger partial charge in [-0.3, -0.25) is 4.79 Å². The Bertz CT molecular complexity index is 1270. The van der Waals surface area contributed by atoms with Gasteiger partial charge in [-0.25, -0.2) is 18.5 Å². The van der Waals surface area contributed by atoms with Crippen molar-refractivity contribution < 1.29 is 27.4 Å². The fourth-order valence-corrected chi connectivity index (χ4v) is 3.45. The number of nitrogens with zero attached hydrogens (tertiary/aromatic N) is 2. The molecule has 0 aliphatic heterocycles. The Kier molecular flexibility index (Phi) is 6.84. The molecule has 12 nitrogen and oxygen atoms in total. The third-order valence-electron chi connectivity index (χ3n) is 4.40. The number of anilines is 4. The van der Waals surface area contributed by atoms with Crippen molar-refractivity contribution in [3.63, 3.8) is 0 Å². The highest BCUT2D eigenvalue weighted by atomic mass is 32.2. The van der Waals surface area contributed by atoms with Crippen LogP contribution in [0.3, 0.4) is 0 Å². The predicted octanol–water partition coefficient (Wildman–Crippen LogP) is 1.74. The molecule has 2 aromatic carbocycles. The number of methoxy groups -OCH3 is 3. The summed E-state index contributed by atoms with van der Waals surface area (Å²) >= 11 is 0. The summed E-state index contributed by atoms with van der Waals surface area (Å²) in [6.45, 7) is 0. The van der Waals surface area contributed by atoms with E-state index in [0.717, 1.165) is 0 Å². The Morgan fingerprint density at radius 1 is 0.970 bits per heavy atom. The summed E-state index contributed by atoms with van der Waals surface area (Å²) in [5.41, 5.74) is 6.26. The second-order valence-corrected chi connectivity index (χ2v) is 8.12. The van der Waals surface area contributed by atoms with Crippen LogP contribution in [0.2, 0.25) is 0 Å². The first-order chi connectivity index (χ1) is 15.7. The Labute approximate surface area is 189 Å². The van der Waals surface area contributed by atoms with Crippen LogP contribution in [-0.2, 0) is 10.0 Å². The van der Waals surface area contributed by atoms with Gasteiger partial charge >= 0.3 is 0 Å². The summed E-state index contributed by atoms with van der Waals surface area (Å²) in [6.07, 6.45) is 1.24. The maximum absolute atomic E-state index is 11.9. The zero-order valence-electron chi connectivity index (χ0n) is 17.9. The number of ether oxygens (including phenoxy) is 3. The Morgan fingerprint density at radius 3 is 2.18 bits per heavy atom. The molecule has 33 heavy (non-hydrogen) atoms. The van der Waals surface area contributed by atoms with E-state index in [4.69, 9.17) is 25.1 Å². The fraction of sp³-hybridized carbons (Fsp3) is 0.150. The average Bonchev–Trinajstić information content (AvgIpc) is 2.78. The standard InChI is InChI=1S/C20H22N6O6S/c1-30-15-8-12(9-16(31-2)17(15)32-3)25-20-23-10-14(18(21)27)19(26-20)24-11-5-4-6-13(7-11)33(22,28)29/h4-10H,1-3H3,(H2,21,27)(H2,22,28,29)(H2,23,24,25,26). The highest BCUT2D eigenvalue weighted by Crippen LogP contribution is 2.40. The molecule has 174 valence electrons. The molecule has 3 rings (SSSR count). The van der Waals surface area contributed by atoms with Crippen LogP contribution in [0.25, 0.3) is 0 Å². The summed E-state index contributed by atoms with van der Waals surface area (Å²) in [5.74, 6) is 0.614. The average molecular weight is 474 g/mol. The molecule has 0 saturated heterocycles. The van der Waals surface area contributed by atoms with Gasteiger partial charge in [-0.05, 0) is 18.2 Å². The zero-order valence-corrected chi connectivity index (χ0v) is 18.8. The van der Waals surface area contributed by atoms with Gasteiger partial charge in [-0.2, -0.15) is 4.98 Å². The van der Waals surface area contributed by atoms with Gasteiger partial charge in [-0.1, -0.05) is 6.07 Å². The first kappa shape index (κ1) is 23.6. The Hall–Kier alpha value is -4.10. The number of hydrogen-bond donors (Lipinski definition) is 4. The first-order valence-electron chi connectivity index (χ1n) is 9.30. The first-order valence-corrected chi connectivity index (χ1v) is 10.8. The number of amides is 1. The normalized spacial score (nSPS) is 10.9. The minimum Gasteiger partial charge on any atom is -0.493 e. The van der Waals surface area contributed by atoms with Gasteiger partial charge in [-0.15, -0.1) is 0 Å². The van der Waals surface area contributed by atoms with Gasteiger partial charge < -0.3 is 30.6 Å². The third-order valence-corrected chi connectivity index (χ3v) is 5.31. The van der Waals surface area contributed by atoms with E-state index in [1.165, 1.54) is 45.7 Å². The molecule has 0 atom stereocenters. The molecule has 0 aliphatic carbocycles. The van der Waals surface area contributed by atoms with Crippen molar-refractivity contribution in [3.05, 3.63) is 48.2 Å². The van der Waals surface area contributed by atoms with Crippen molar-refractivity contribution in [2.75, 3.05) is 32.0 Å². The molecule has 0 unspecified atom stereocenters. The number of primary sulfonamides is 1. The van der Waals surface area contributed by atoms with Crippen LogP contribution in [-0.4, -0.2) is 45.6 Å². The lowest BCUT2D eigenvalue weighted by atomic mass is 10.2. The summed E-state index contributed by atoms with van der Waals surface area (Å²) in [6, 6.07) is 9.00. The molecule has 0 spiro atoms. The smallest absolute Gasteiger partial charge is 0.254 e. The minimum absolute atomic E-state index is 0.00792. The summed E-state index contributed by atoms with van der Waals surface area (Å²) in [5, 5.41) is 11.0. The SMILES string of the molecule is COc1cc(Nc2ncc(C(N)=O)c(Nc3cccc(S(N)(=O)=O)c3)n2)cc(OC)c1OC. The number of nitrogens with one attached hydrogen (secondary N) is 2. The van der Waals surface area contributed by atoms with E-state index in [1.54, 1.807) is 18.2 Å². The van der Waals surface area contributed by atoms with Gasteiger partial charge in [0.1, 0.15) is 11.4 Å². The lowest BCUT2D eigenvalue weighted by Crippen LogP contribution is -2.16. The maximum atomic E-state index is 11.9. The van der Waals surface area contributed by atoms with E-state index in [-0.39, 0.29) is 22.2 Å². The number of nitrogens with two attached hydrogens (primary N) is 2. The van der Waals surface area contributed by atoms with Gasteiger partial charge in [0.05, 0.1) is 26.2 Å². The molecule has 0 fully saturated rings. The number of sulfonamides is 1. The van der Waals surface area contributed by atoms with Crippen molar-refractivity contribution in [1.82, 2.24) is 9.97 Å². The monoisotopic (exact) mass is 474 g/mol. The van der Waals surface area contributed by atoms with Crippen LogP contribution in [0.1, 0.15) is 10.4 Å². The van der Waals surface area contributed by atoms with E-state index < -0.39 is 15.9 Å². The molecule has 0 bridgehead atoms. The van der Waals surface area contributed by atoms with Crippen LogP contribution < -0.4 is 35.7 Å². The molecular formula is C20H22N6O6S. The largest absolute Gasteiger partial charge is 0.493 e. The number of benzene rings is 2. The Balaban J connectivity index is 1.99. The van der Waals surface area contributed by atoms with E-state index >= 15 is 0 Å². The van der Waals surface area contributed by atoms with Crippen LogP contribution in [0.4, 0.5) is 23.1 Å². The zero-order chi connectivity index (χ0) is 24.2. The van der Waals surface area contributed by atoms with Crippen molar-refractivity contribution in [2.24, 2.45) is 10.9 Å². The lowest BCUT2D eigenvalue weighted by molar-refractivity contribution is 0.100. The van der Waals surface area contributed by atoms with Crippen LogP contribution in [0.15, 0.2) is 47.5 Å². The van der Waals surface area contributed by atoms with Gasteiger partial charge in [0.25, 0.3) is 5.91 Å². The maximum Gasteiger partial charge on any atom is 0.254 e. The van der Waals surface area contributed by atoms with E-state index in [9.17, 15) is 13.2 Å². The third kappa shape index (κ3) is 5.39. The van der Waals surface area contributed by atoms with Crippen molar-refractivity contribution >= 4 is 39.1 Å². The van der Waals surface area contributed by atoms with Crippen LogP contribution >= 0.6 is 0 Å². The molecule has 6 N–H and O–H groups in total. The number of rotatable bonds is 9. The van der Waals surface area contributed by atoms with Crippen LogP contribution in [0.5, 0.6) is 17.2 Å². The molecule has 1 aromatic heterocycles. The van der Waals surface area contributed by atoms with E-state index in [0.29, 0.717) is 28.6 Å². The van der Waals surface area contributed by atoms with Gasteiger partial charge in [0.2, 0.25) is 21.7 Å². The number of hydrogen-bond acceptors (Lipinski definition) is 10. The van der Waals surface area contributed by atoms with Crippen molar-refractivity contribution in [3.8, 4) is 17.2 Å². The van der Waals surface area contributed by atoms with Crippen molar-refractivity contribution in [2.45, 2.75) is 4.90 Å². The molecular weight excluding hydrogens is 452 g/mol. The summed E-state index contributed by atoms with van der Waals surface area (Å²) in [4.78, 5) is 20.2. The summed E-state index contributed by atoms with van der Waals surface area (Å²) < 4.78 is 39.2. The van der Waals surface area contributed by atoms with E-state index in [1.807, 2.05) is 0 Å². The summed E-state index contributed by atoms with van der Waals surface area (Å²) in [7, 11) is 0.532. The quantitative estimate of drug-likeness (QED) is 0.356. The number of aromatic nitrogens is 2. The van der Waals surface area contributed by atoms with E-state index in [2.05, 4.69) is 20.6 Å². The molecule has 1 amide bonds. The predicted molar refractivity (Wildman–Crippen MR) is 121 cm³/mol. The molecule has 13 heteroatoms. The topological polar surface area (TPSA) is 181 Å².